The molecule has 0 fully saturated rings. The van der Waals surface area contributed by atoms with E-state index in [1.165, 1.54) is 12.5 Å². The van der Waals surface area contributed by atoms with Crippen LogP contribution in [0, 0.1) is 0 Å². The average molecular weight is 315 g/mol. The third-order valence-electron chi connectivity index (χ3n) is 3.05. The summed E-state index contributed by atoms with van der Waals surface area (Å²) in [4.78, 5) is 31.2. The van der Waals surface area contributed by atoms with Crippen LogP contribution in [0.25, 0.3) is 0 Å². The topological polar surface area (TPSA) is 84.1 Å². The van der Waals surface area contributed by atoms with Crippen LogP contribution in [0.5, 0.6) is 0 Å². The number of aromatic nitrogens is 2. The number of carbonyl (C=O) groups excluding carboxylic acids is 2. The van der Waals surface area contributed by atoms with Gasteiger partial charge in [-0.3, -0.25) is 4.79 Å². The number of nitrogens with one attached hydrogen (secondary N) is 2. The first-order chi connectivity index (χ1) is 10.8. The Balaban J connectivity index is 2.14. The van der Waals surface area contributed by atoms with E-state index in [1.807, 2.05) is 30.3 Å². The molecule has 2 rings (SSSR count). The Morgan fingerprint density at radius 1 is 1.26 bits per heavy atom. The van der Waals surface area contributed by atoms with E-state index in [0.29, 0.717) is 12.1 Å². The molecule has 1 atom stereocenters. The van der Waals surface area contributed by atoms with Gasteiger partial charge in [0.2, 0.25) is 5.78 Å². The van der Waals surface area contributed by atoms with Crippen molar-refractivity contribution in [3.63, 3.8) is 0 Å². The van der Waals surface area contributed by atoms with Crippen molar-refractivity contribution in [2.45, 2.75) is 38.8 Å². The molecule has 0 aliphatic rings. The monoisotopic (exact) mass is 315 g/mol. The van der Waals surface area contributed by atoms with Crippen LogP contribution in [0.1, 0.15) is 36.8 Å². The van der Waals surface area contributed by atoms with Gasteiger partial charge in [0.15, 0.2) is 0 Å². The van der Waals surface area contributed by atoms with Crippen molar-refractivity contribution in [1.29, 1.82) is 0 Å². The lowest BCUT2D eigenvalue weighted by atomic mass is 10.0. The molecule has 0 saturated heterocycles. The van der Waals surface area contributed by atoms with E-state index in [2.05, 4.69) is 15.3 Å². The SMILES string of the molecule is CC(C)(C)OC(=O)N[C@@H](Cc1ccccc1)C(=O)c1cnc[nH]1. The standard InChI is InChI=1S/C17H21N3O3/c1-17(2,3)23-16(22)20-13(9-12-7-5-4-6-8-12)15(21)14-10-18-11-19-14/h4-8,10-11,13H,9H2,1-3H3,(H,18,19)(H,20,22)/t13-/m0/s1. The highest BCUT2D eigenvalue weighted by Crippen LogP contribution is 2.11. The number of H-pyrrole nitrogens is 1. The summed E-state index contributed by atoms with van der Waals surface area (Å²) < 4.78 is 5.25. The minimum Gasteiger partial charge on any atom is -0.444 e. The highest BCUT2D eigenvalue weighted by molar-refractivity contribution is 6.00. The molecule has 1 heterocycles. The van der Waals surface area contributed by atoms with Crippen LogP contribution < -0.4 is 5.32 Å². The Bertz CT molecular complexity index is 645. The number of ketones is 1. The van der Waals surface area contributed by atoms with Crippen molar-refractivity contribution in [3.8, 4) is 0 Å². The van der Waals surface area contributed by atoms with Gasteiger partial charge < -0.3 is 15.0 Å². The van der Waals surface area contributed by atoms with Gasteiger partial charge >= 0.3 is 6.09 Å². The number of nitrogens with zero attached hydrogens (tertiary/aromatic N) is 1. The number of hydrogen-bond acceptors (Lipinski definition) is 4. The first-order valence-electron chi connectivity index (χ1n) is 7.41. The first kappa shape index (κ1) is 16.7. The predicted octanol–water partition coefficient (Wildman–Crippen LogP) is 2.73. The summed E-state index contributed by atoms with van der Waals surface area (Å²) >= 11 is 0. The van der Waals surface area contributed by atoms with Crippen LogP contribution in [-0.2, 0) is 11.2 Å². The van der Waals surface area contributed by atoms with Gasteiger partial charge in [-0.05, 0) is 26.3 Å². The second-order valence-corrected chi connectivity index (χ2v) is 6.22. The molecule has 0 spiro atoms. The third-order valence-corrected chi connectivity index (χ3v) is 3.05. The number of ether oxygens (including phenoxy) is 1. The lowest BCUT2D eigenvalue weighted by Crippen LogP contribution is -2.44. The molecule has 0 radical (unpaired) electrons. The van der Waals surface area contributed by atoms with E-state index in [9.17, 15) is 9.59 Å². The highest BCUT2D eigenvalue weighted by Gasteiger charge is 2.26. The van der Waals surface area contributed by atoms with Crippen LogP contribution in [0.2, 0.25) is 0 Å². The Morgan fingerprint density at radius 3 is 2.52 bits per heavy atom. The van der Waals surface area contributed by atoms with Crippen LogP contribution in [0.15, 0.2) is 42.9 Å². The minimum atomic E-state index is -0.729. The number of amides is 1. The molecule has 2 N–H and O–H groups in total. The number of alkyl carbamates (subject to hydrolysis) is 1. The second-order valence-electron chi connectivity index (χ2n) is 6.22. The number of Topliss-reactive ketones (excluding diaryl/α,β-unsaturated/α-hetero) is 1. The van der Waals surface area contributed by atoms with Gasteiger partial charge in [0.25, 0.3) is 0 Å². The first-order valence-corrected chi connectivity index (χ1v) is 7.41. The lowest BCUT2D eigenvalue weighted by Gasteiger charge is -2.23. The highest BCUT2D eigenvalue weighted by atomic mass is 16.6. The predicted molar refractivity (Wildman–Crippen MR) is 86.2 cm³/mol. The van der Waals surface area contributed by atoms with E-state index in [1.54, 1.807) is 20.8 Å². The molecule has 6 nitrogen and oxygen atoms in total. The number of imidazole rings is 1. The molecule has 1 amide bonds. The fourth-order valence-electron chi connectivity index (χ4n) is 2.09. The molecule has 1 aromatic heterocycles. The van der Waals surface area contributed by atoms with Crippen molar-refractivity contribution in [1.82, 2.24) is 15.3 Å². The zero-order valence-electron chi connectivity index (χ0n) is 13.5. The summed E-state index contributed by atoms with van der Waals surface area (Å²) in [5.41, 5.74) is 0.668. The molecule has 0 unspecified atom stereocenters. The Kier molecular flexibility index (Phi) is 5.16. The normalized spacial score (nSPS) is 12.5. The van der Waals surface area contributed by atoms with Gasteiger partial charge in [-0.1, -0.05) is 30.3 Å². The zero-order valence-corrected chi connectivity index (χ0v) is 13.5. The van der Waals surface area contributed by atoms with Crippen LogP contribution in [0.4, 0.5) is 4.79 Å². The van der Waals surface area contributed by atoms with Gasteiger partial charge in [-0.15, -0.1) is 0 Å². The molecule has 0 aliphatic heterocycles. The van der Waals surface area contributed by atoms with E-state index in [0.717, 1.165) is 5.56 Å². The molecule has 6 heteroatoms. The Labute approximate surface area is 135 Å². The third kappa shape index (κ3) is 5.25. The molecule has 2 aromatic rings. The summed E-state index contributed by atoms with van der Waals surface area (Å²) in [6, 6.07) is 8.76. The van der Waals surface area contributed by atoms with Crippen LogP contribution in [0.3, 0.4) is 0 Å². The van der Waals surface area contributed by atoms with Crippen LogP contribution >= 0.6 is 0 Å². The van der Waals surface area contributed by atoms with Gasteiger partial charge in [0.05, 0.1) is 12.5 Å². The number of benzene rings is 1. The summed E-state index contributed by atoms with van der Waals surface area (Å²) in [5, 5.41) is 2.65. The Hall–Kier alpha value is -2.63. The minimum absolute atomic E-state index is 0.239. The van der Waals surface area contributed by atoms with Gasteiger partial charge in [0, 0.05) is 6.42 Å². The maximum absolute atomic E-state index is 12.6. The lowest BCUT2D eigenvalue weighted by molar-refractivity contribution is 0.0491. The van der Waals surface area contributed by atoms with Crippen molar-refractivity contribution in [2.24, 2.45) is 0 Å². The smallest absolute Gasteiger partial charge is 0.408 e. The molecule has 1 aromatic carbocycles. The molecule has 0 bridgehead atoms. The van der Waals surface area contributed by atoms with Crippen molar-refractivity contribution in [3.05, 3.63) is 54.1 Å². The fourth-order valence-corrected chi connectivity index (χ4v) is 2.09. The molecular formula is C17H21N3O3. The summed E-state index contributed by atoms with van der Waals surface area (Å²) in [7, 11) is 0. The molecule has 0 saturated carbocycles. The van der Waals surface area contributed by atoms with E-state index in [4.69, 9.17) is 4.74 Å². The van der Waals surface area contributed by atoms with Crippen molar-refractivity contribution >= 4 is 11.9 Å². The van der Waals surface area contributed by atoms with E-state index >= 15 is 0 Å². The summed E-state index contributed by atoms with van der Waals surface area (Å²) in [6.07, 6.45) is 2.63. The maximum atomic E-state index is 12.6. The Morgan fingerprint density at radius 2 is 1.96 bits per heavy atom. The van der Waals surface area contributed by atoms with Gasteiger partial charge in [-0.25, -0.2) is 9.78 Å². The van der Waals surface area contributed by atoms with Gasteiger partial charge in [-0.2, -0.15) is 0 Å². The van der Waals surface area contributed by atoms with E-state index < -0.39 is 17.7 Å². The second kappa shape index (κ2) is 7.09. The zero-order chi connectivity index (χ0) is 16.9. The quantitative estimate of drug-likeness (QED) is 0.831. The molecule has 0 aliphatic carbocycles. The summed E-state index contributed by atoms with van der Waals surface area (Å²) in [5.74, 6) is -0.239. The van der Waals surface area contributed by atoms with Crippen molar-refractivity contribution < 1.29 is 14.3 Å². The largest absolute Gasteiger partial charge is 0.444 e. The van der Waals surface area contributed by atoms with Crippen molar-refractivity contribution in [2.75, 3.05) is 0 Å². The van der Waals surface area contributed by atoms with Crippen LogP contribution in [-0.4, -0.2) is 33.5 Å². The fraction of sp³-hybridized carbons (Fsp3) is 0.353. The number of aromatic amines is 1. The van der Waals surface area contributed by atoms with Gasteiger partial charge in [0.1, 0.15) is 17.3 Å². The number of hydrogen-bond donors (Lipinski definition) is 2. The van der Waals surface area contributed by atoms with E-state index in [-0.39, 0.29) is 5.78 Å². The average Bonchev–Trinajstić information content (AvgIpc) is 2.99. The summed E-state index contributed by atoms with van der Waals surface area (Å²) in [6.45, 7) is 5.32. The molecule has 122 valence electrons. The number of carbonyl (C=O) groups is 2. The maximum Gasteiger partial charge on any atom is 0.408 e. The molecule has 23 heavy (non-hydrogen) atoms. The molecular weight excluding hydrogens is 294 g/mol. The number of rotatable bonds is 5.